The first kappa shape index (κ1) is 16.1. The molecule has 3 rings (SSSR count). The number of urea groups is 1. The normalized spacial score (nSPS) is 25.6. The highest BCUT2D eigenvalue weighted by Crippen LogP contribution is 2.33. The summed E-state index contributed by atoms with van der Waals surface area (Å²) in [7, 11) is 0. The van der Waals surface area contributed by atoms with Crippen LogP contribution >= 0.6 is 11.8 Å². The Morgan fingerprint density at radius 1 is 1.30 bits per heavy atom. The van der Waals surface area contributed by atoms with Crippen molar-refractivity contribution in [2.45, 2.75) is 49.6 Å². The van der Waals surface area contributed by atoms with Gasteiger partial charge < -0.3 is 16.0 Å². The van der Waals surface area contributed by atoms with Crippen molar-refractivity contribution >= 4 is 23.7 Å². The molecule has 2 fully saturated rings. The number of hydrogen-bond donors (Lipinski definition) is 3. The van der Waals surface area contributed by atoms with Gasteiger partial charge in [0.15, 0.2) is 0 Å². The monoisotopic (exact) mass is 334 g/mol. The minimum Gasteiger partial charge on any atom is -0.352 e. The van der Waals surface area contributed by atoms with E-state index in [2.05, 4.69) is 20.9 Å². The molecule has 6 nitrogen and oxygen atoms in total. The Morgan fingerprint density at radius 3 is 2.96 bits per heavy atom. The van der Waals surface area contributed by atoms with Gasteiger partial charge in [0.25, 0.3) is 0 Å². The standard InChI is InChI=1S/C16H22N4O2S/c21-14(18-9-11-5-7-17-8-6-11)4-2-1-3-13-15-12(10-23-13)19-16(22)20-15/h5-8,12-13,15H,1-4,9-10H2,(H,18,21)(H2,19,20,22). The Hall–Kier alpha value is -1.76. The van der Waals surface area contributed by atoms with Crippen LogP contribution in [-0.4, -0.2) is 40.0 Å². The third-order valence-corrected chi connectivity index (χ3v) is 5.83. The number of amides is 3. The van der Waals surface area contributed by atoms with Crippen molar-refractivity contribution in [3.05, 3.63) is 30.1 Å². The number of unbranched alkanes of at least 4 members (excludes halogenated alkanes) is 1. The molecule has 2 aliphatic heterocycles. The van der Waals surface area contributed by atoms with Gasteiger partial charge in [0.1, 0.15) is 0 Å². The minimum absolute atomic E-state index is 0.0409. The molecule has 3 atom stereocenters. The highest BCUT2D eigenvalue weighted by molar-refractivity contribution is 8.00. The molecular formula is C16H22N4O2S. The zero-order chi connectivity index (χ0) is 16.1. The number of nitrogens with one attached hydrogen (secondary N) is 3. The van der Waals surface area contributed by atoms with Crippen LogP contribution in [0, 0.1) is 0 Å². The average Bonchev–Trinajstić information content (AvgIpc) is 3.10. The number of aromatic nitrogens is 1. The molecule has 23 heavy (non-hydrogen) atoms. The summed E-state index contributed by atoms with van der Waals surface area (Å²) in [6.45, 7) is 0.557. The Labute approximate surface area is 140 Å². The first-order valence-corrected chi connectivity index (χ1v) is 9.11. The predicted molar refractivity (Wildman–Crippen MR) is 90.0 cm³/mol. The lowest BCUT2D eigenvalue weighted by Gasteiger charge is -2.16. The van der Waals surface area contributed by atoms with Crippen LogP contribution in [0.4, 0.5) is 4.79 Å². The molecule has 7 heteroatoms. The molecule has 124 valence electrons. The molecule has 3 unspecified atom stereocenters. The molecule has 3 heterocycles. The topological polar surface area (TPSA) is 83.1 Å². The fourth-order valence-corrected chi connectivity index (χ4v) is 4.61. The number of pyridine rings is 1. The Balaban J connectivity index is 1.29. The number of thioether (sulfide) groups is 1. The van der Waals surface area contributed by atoms with Crippen molar-refractivity contribution in [1.29, 1.82) is 0 Å². The summed E-state index contributed by atoms with van der Waals surface area (Å²) in [5.41, 5.74) is 1.06. The van der Waals surface area contributed by atoms with E-state index in [1.807, 2.05) is 23.9 Å². The van der Waals surface area contributed by atoms with E-state index < -0.39 is 0 Å². The van der Waals surface area contributed by atoms with E-state index in [-0.39, 0.29) is 24.0 Å². The maximum atomic E-state index is 11.8. The van der Waals surface area contributed by atoms with Gasteiger partial charge in [-0.15, -0.1) is 0 Å². The van der Waals surface area contributed by atoms with Gasteiger partial charge in [-0.1, -0.05) is 6.42 Å². The second-order valence-electron chi connectivity index (χ2n) is 6.00. The van der Waals surface area contributed by atoms with Gasteiger partial charge in [0.05, 0.1) is 12.1 Å². The highest BCUT2D eigenvalue weighted by atomic mass is 32.2. The second kappa shape index (κ2) is 7.68. The van der Waals surface area contributed by atoms with Crippen molar-refractivity contribution in [1.82, 2.24) is 20.9 Å². The van der Waals surface area contributed by atoms with Gasteiger partial charge in [0.2, 0.25) is 5.91 Å². The van der Waals surface area contributed by atoms with Gasteiger partial charge in [-0.05, 0) is 30.5 Å². The Morgan fingerprint density at radius 2 is 2.13 bits per heavy atom. The van der Waals surface area contributed by atoms with Crippen molar-refractivity contribution < 1.29 is 9.59 Å². The van der Waals surface area contributed by atoms with Crippen molar-refractivity contribution in [2.24, 2.45) is 0 Å². The zero-order valence-electron chi connectivity index (χ0n) is 13.0. The number of rotatable bonds is 7. The lowest BCUT2D eigenvalue weighted by molar-refractivity contribution is -0.121. The van der Waals surface area contributed by atoms with Gasteiger partial charge in [-0.3, -0.25) is 9.78 Å². The first-order chi connectivity index (χ1) is 11.2. The van der Waals surface area contributed by atoms with Crippen LogP contribution in [0.5, 0.6) is 0 Å². The largest absolute Gasteiger partial charge is 0.352 e. The van der Waals surface area contributed by atoms with E-state index in [9.17, 15) is 9.59 Å². The SMILES string of the molecule is O=C(CCCCC1SCC2NC(=O)NC21)NCc1ccncc1. The van der Waals surface area contributed by atoms with E-state index in [1.165, 1.54) is 0 Å². The summed E-state index contributed by atoms with van der Waals surface area (Å²) in [5.74, 6) is 1.08. The quantitative estimate of drug-likeness (QED) is 0.520. The fourth-order valence-electron chi connectivity index (χ4n) is 3.06. The maximum Gasteiger partial charge on any atom is 0.315 e. The van der Waals surface area contributed by atoms with Gasteiger partial charge in [-0.2, -0.15) is 11.8 Å². The first-order valence-electron chi connectivity index (χ1n) is 8.06. The third kappa shape index (κ3) is 4.37. The number of carbonyl (C=O) groups is 2. The molecule has 0 radical (unpaired) electrons. The number of hydrogen-bond acceptors (Lipinski definition) is 4. The molecule has 2 saturated heterocycles. The van der Waals surface area contributed by atoms with E-state index in [4.69, 9.17) is 0 Å². The number of carbonyl (C=O) groups excluding carboxylic acids is 2. The average molecular weight is 334 g/mol. The van der Waals surface area contributed by atoms with Gasteiger partial charge in [-0.25, -0.2) is 4.79 Å². The van der Waals surface area contributed by atoms with Crippen LogP contribution in [0.2, 0.25) is 0 Å². The van der Waals surface area contributed by atoms with Crippen LogP contribution in [0.25, 0.3) is 0 Å². The maximum absolute atomic E-state index is 11.8. The summed E-state index contributed by atoms with van der Waals surface area (Å²) >= 11 is 1.92. The van der Waals surface area contributed by atoms with E-state index in [0.717, 1.165) is 30.6 Å². The molecule has 0 spiro atoms. The summed E-state index contributed by atoms with van der Waals surface area (Å²) in [4.78, 5) is 27.1. The lowest BCUT2D eigenvalue weighted by Crippen LogP contribution is -2.36. The lowest BCUT2D eigenvalue weighted by atomic mass is 10.0. The number of fused-ring (bicyclic) bond motifs is 1. The van der Waals surface area contributed by atoms with Crippen molar-refractivity contribution in [3.8, 4) is 0 Å². The smallest absolute Gasteiger partial charge is 0.315 e. The highest BCUT2D eigenvalue weighted by Gasteiger charge is 2.42. The molecule has 0 aromatic carbocycles. The molecule has 1 aromatic heterocycles. The molecule has 0 aliphatic carbocycles. The second-order valence-corrected chi connectivity index (χ2v) is 7.27. The van der Waals surface area contributed by atoms with E-state index in [0.29, 0.717) is 18.2 Å². The third-order valence-electron chi connectivity index (χ3n) is 4.32. The van der Waals surface area contributed by atoms with E-state index >= 15 is 0 Å². The molecule has 1 aromatic rings. The molecule has 0 bridgehead atoms. The molecule has 0 saturated carbocycles. The Bertz CT molecular complexity index is 554. The van der Waals surface area contributed by atoms with Crippen molar-refractivity contribution in [3.63, 3.8) is 0 Å². The number of nitrogens with zero attached hydrogens (tertiary/aromatic N) is 1. The van der Waals surface area contributed by atoms with Gasteiger partial charge >= 0.3 is 6.03 Å². The van der Waals surface area contributed by atoms with Crippen LogP contribution < -0.4 is 16.0 Å². The predicted octanol–water partition coefficient (Wildman–Crippen LogP) is 1.42. The van der Waals surface area contributed by atoms with Crippen LogP contribution in [0.1, 0.15) is 31.2 Å². The Kier molecular flexibility index (Phi) is 5.38. The van der Waals surface area contributed by atoms with Crippen molar-refractivity contribution in [2.75, 3.05) is 5.75 Å². The summed E-state index contributed by atoms with van der Waals surface area (Å²) < 4.78 is 0. The van der Waals surface area contributed by atoms with Crippen LogP contribution in [0.3, 0.4) is 0 Å². The minimum atomic E-state index is -0.0409. The molecule has 3 amide bonds. The summed E-state index contributed by atoms with van der Waals surface area (Å²) in [6.07, 6.45) is 6.96. The molecule has 3 N–H and O–H groups in total. The van der Waals surface area contributed by atoms with Gasteiger partial charge in [0, 0.05) is 36.4 Å². The summed E-state index contributed by atoms with van der Waals surface area (Å²) in [5, 5.41) is 9.35. The van der Waals surface area contributed by atoms with Crippen LogP contribution in [0.15, 0.2) is 24.5 Å². The van der Waals surface area contributed by atoms with E-state index in [1.54, 1.807) is 12.4 Å². The van der Waals surface area contributed by atoms with Crippen LogP contribution in [-0.2, 0) is 11.3 Å². The molecular weight excluding hydrogens is 312 g/mol. The summed E-state index contributed by atoms with van der Waals surface area (Å²) in [6, 6.07) is 4.30. The zero-order valence-corrected chi connectivity index (χ0v) is 13.8. The fraction of sp³-hybridized carbons (Fsp3) is 0.562. The molecule has 2 aliphatic rings.